The highest BCUT2D eigenvalue weighted by Crippen LogP contribution is 2.31. The minimum atomic E-state index is -4.75. The van der Waals surface area contributed by atoms with E-state index >= 15 is 0 Å². The lowest BCUT2D eigenvalue weighted by molar-refractivity contribution is -0.141. The number of anilines is 3. The van der Waals surface area contributed by atoms with Crippen LogP contribution in [0.5, 0.6) is 0 Å². The van der Waals surface area contributed by atoms with Crippen LogP contribution in [0.25, 0.3) is 0 Å². The summed E-state index contributed by atoms with van der Waals surface area (Å²) in [6.45, 7) is 0.798. The molecule has 3 N–H and O–H groups in total. The van der Waals surface area contributed by atoms with Gasteiger partial charge in [0.25, 0.3) is 0 Å². The van der Waals surface area contributed by atoms with Crippen molar-refractivity contribution in [2.45, 2.75) is 13.1 Å². The highest BCUT2D eigenvalue weighted by atomic mass is 19.4. The fourth-order valence-electron chi connectivity index (χ4n) is 1.77. The summed E-state index contributed by atoms with van der Waals surface area (Å²) in [5, 5.41) is 13.3. The molecule has 24 heavy (non-hydrogen) atoms. The molecular formula is C14H12F4N4O2. The molecule has 2 rings (SSSR count). The van der Waals surface area contributed by atoms with Crippen molar-refractivity contribution < 1.29 is 27.5 Å². The first-order valence-electron chi connectivity index (χ1n) is 6.61. The van der Waals surface area contributed by atoms with Crippen LogP contribution in [0.3, 0.4) is 0 Å². The summed E-state index contributed by atoms with van der Waals surface area (Å²) in [7, 11) is 0. The van der Waals surface area contributed by atoms with E-state index in [1.807, 2.05) is 0 Å². The normalized spacial score (nSPS) is 11.2. The lowest BCUT2D eigenvalue weighted by Crippen LogP contribution is -2.17. The van der Waals surface area contributed by atoms with Gasteiger partial charge in [-0.15, -0.1) is 0 Å². The number of nitrogens with one attached hydrogen (secondary N) is 2. The number of halogens is 4. The van der Waals surface area contributed by atoms with E-state index in [-0.39, 0.29) is 17.1 Å². The Balaban J connectivity index is 2.38. The third-order valence-electron chi connectivity index (χ3n) is 2.94. The number of benzene rings is 1. The SMILES string of the molecule is Cc1c(F)cccc1Nc1cc(C(F)(F)F)nc(NCC(=O)O)n1. The van der Waals surface area contributed by atoms with E-state index in [4.69, 9.17) is 5.11 Å². The summed E-state index contributed by atoms with van der Waals surface area (Å²) in [4.78, 5) is 17.5. The molecule has 0 spiro atoms. The van der Waals surface area contributed by atoms with E-state index < -0.39 is 36.1 Å². The van der Waals surface area contributed by atoms with Crippen LogP contribution in [0.1, 0.15) is 11.3 Å². The summed E-state index contributed by atoms with van der Waals surface area (Å²) in [5.41, 5.74) is -0.835. The van der Waals surface area contributed by atoms with Crippen LogP contribution < -0.4 is 10.6 Å². The van der Waals surface area contributed by atoms with Gasteiger partial charge in [-0.25, -0.2) is 9.37 Å². The van der Waals surface area contributed by atoms with E-state index in [9.17, 15) is 22.4 Å². The molecule has 0 saturated heterocycles. The summed E-state index contributed by atoms with van der Waals surface area (Å²) in [6, 6.07) is 4.72. The van der Waals surface area contributed by atoms with Crippen molar-refractivity contribution in [1.82, 2.24) is 9.97 Å². The summed E-state index contributed by atoms with van der Waals surface area (Å²) < 4.78 is 52.2. The molecule has 0 radical (unpaired) electrons. The van der Waals surface area contributed by atoms with Crippen molar-refractivity contribution in [1.29, 1.82) is 0 Å². The minimum Gasteiger partial charge on any atom is -0.480 e. The first kappa shape index (κ1) is 17.4. The van der Waals surface area contributed by atoms with Gasteiger partial charge in [0, 0.05) is 17.3 Å². The fourth-order valence-corrected chi connectivity index (χ4v) is 1.77. The lowest BCUT2D eigenvalue weighted by atomic mass is 10.2. The third kappa shape index (κ3) is 4.31. The molecule has 0 aliphatic carbocycles. The Kier molecular flexibility index (Phi) is 4.86. The van der Waals surface area contributed by atoms with Crippen LogP contribution >= 0.6 is 0 Å². The monoisotopic (exact) mass is 344 g/mol. The maximum Gasteiger partial charge on any atom is 0.433 e. The van der Waals surface area contributed by atoms with Crippen LogP contribution in [-0.4, -0.2) is 27.6 Å². The number of aromatic nitrogens is 2. The molecule has 0 aliphatic rings. The Morgan fingerprint density at radius 1 is 1.29 bits per heavy atom. The highest BCUT2D eigenvalue weighted by Gasteiger charge is 2.33. The molecule has 0 unspecified atom stereocenters. The molecule has 0 saturated carbocycles. The summed E-state index contributed by atoms with van der Waals surface area (Å²) in [6.07, 6.45) is -4.75. The van der Waals surface area contributed by atoms with Crippen LogP contribution in [0.2, 0.25) is 0 Å². The first-order valence-corrected chi connectivity index (χ1v) is 6.61. The first-order chi connectivity index (χ1) is 11.2. The molecule has 2 aromatic rings. The smallest absolute Gasteiger partial charge is 0.433 e. The van der Waals surface area contributed by atoms with Gasteiger partial charge in [-0.1, -0.05) is 6.07 Å². The van der Waals surface area contributed by atoms with Gasteiger partial charge >= 0.3 is 12.1 Å². The van der Waals surface area contributed by atoms with Crippen LogP contribution in [0, 0.1) is 12.7 Å². The molecule has 10 heteroatoms. The molecular weight excluding hydrogens is 332 g/mol. The molecule has 0 aliphatic heterocycles. The number of hydrogen-bond donors (Lipinski definition) is 3. The van der Waals surface area contributed by atoms with Crippen LogP contribution in [0.4, 0.5) is 35.0 Å². The zero-order chi connectivity index (χ0) is 17.9. The zero-order valence-electron chi connectivity index (χ0n) is 12.3. The van der Waals surface area contributed by atoms with Crippen molar-refractivity contribution >= 4 is 23.4 Å². The van der Waals surface area contributed by atoms with Crippen molar-refractivity contribution in [2.75, 3.05) is 17.2 Å². The Morgan fingerprint density at radius 3 is 2.62 bits per heavy atom. The molecule has 6 nitrogen and oxygen atoms in total. The van der Waals surface area contributed by atoms with Crippen LogP contribution in [-0.2, 0) is 11.0 Å². The minimum absolute atomic E-state index is 0.199. The number of carboxylic acid groups (broad SMARTS) is 1. The Hall–Kier alpha value is -2.91. The molecule has 1 aromatic heterocycles. The van der Waals surface area contributed by atoms with Gasteiger partial charge in [-0.05, 0) is 19.1 Å². The summed E-state index contributed by atoms with van der Waals surface area (Å²) >= 11 is 0. The van der Waals surface area contributed by atoms with Gasteiger partial charge in [-0.3, -0.25) is 4.79 Å². The third-order valence-corrected chi connectivity index (χ3v) is 2.94. The quantitative estimate of drug-likeness (QED) is 0.722. The molecule has 1 aromatic carbocycles. The predicted octanol–water partition coefficient (Wildman–Crippen LogP) is 3.18. The second-order valence-electron chi connectivity index (χ2n) is 4.74. The number of carboxylic acids is 1. The van der Waals surface area contributed by atoms with E-state index in [0.717, 1.165) is 0 Å². The number of nitrogens with zero attached hydrogens (tertiary/aromatic N) is 2. The maximum atomic E-state index is 13.5. The Labute approximate surface area is 133 Å². The largest absolute Gasteiger partial charge is 0.480 e. The number of alkyl halides is 3. The van der Waals surface area contributed by atoms with Gasteiger partial charge < -0.3 is 15.7 Å². The number of aliphatic carboxylic acids is 1. The van der Waals surface area contributed by atoms with E-state index in [2.05, 4.69) is 20.6 Å². The van der Waals surface area contributed by atoms with E-state index in [1.54, 1.807) is 0 Å². The molecule has 0 bridgehead atoms. The van der Waals surface area contributed by atoms with Gasteiger partial charge in [0.15, 0.2) is 5.69 Å². The second kappa shape index (κ2) is 6.69. The molecule has 1 heterocycles. The number of carbonyl (C=O) groups is 1. The van der Waals surface area contributed by atoms with Crippen molar-refractivity contribution in [3.63, 3.8) is 0 Å². The molecule has 0 atom stereocenters. The van der Waals surface area contributed by atoms with Crippen molar-refractivity contribution in [3.8, 4) is 0 Å². The number of rotatable bonds is 5. The van der Waals surface area contributed by atoms with E-state index in [1.165, 1.54) is 25.1 Å². The predicted molar refractivity (Wildman–Crippen MR) is 77.6 cm³/mol. The standard InChI is InChI=1S/C14H12F4N4O2/c1-7-8(15)3-2-4-9(7)20-11-5-10(14(16,17)18)21-13(22-11)19-6-12(23)24/h2-5H,6H2,1H3,(H,23,24)(H2,19,20,21,22). The van der Waals surface area contributed by atoms with Gasteiger partial charge in [0.2, 0.25) is 5.95 Å². The van der Waals surface area contributed by atoms with Gasteiger partial charge in [-0.2, -0.15) is 18.2 Å². The van der Waals surface area contributed by atoms with Gasteiger partial charge in [0.1, 0.15) is 18.2 Å². The van der Waals surface area contributed by atoms with E-state index in [0.29, 0.717) is 6.07 Å². The Bertz CT molecular complexity index is 765. The van der Waals surface area contributed by atoms with Crippen molar-refractivity contribution in [2.24, 2.45) is 0 Å². The zero-order valence-corrected chi connectivity index (χ0v) is 12.3. The van der Waals surface area contributed by atoms with Gasteiger partial charge in [0.05, 0.1) is 0 Å². The maximum absolute atomic E-state index is 13.5. The average molecular weight is 344 g/mol. The second-order valence-corrected chi connectivity index (χ2v) is 4.74. The number of hydrogen-bond acceptors (Lipinski definition) is 5. The highest BCUT2D eigenvalue weighted by molar-refractivity contribution is 5.72. The average Bonchev–Trinajstić information content (AvgIpc) is 2.49. The van der Waals surface area contributed by atoms with Crippen molar-refractivity contribution in [3.05, 3.63) is 41.3 Å². The molecule has 0 fully saturated rings. The summed E-state index contributed by atoms with van der Waals surface area (Å²) in [5.74, 6) is -2.58. The molecule has 128 valence electrons. The topological polar surface area (TPSA) is 87.1 Å². The Morgan fingerprint density at radius 2 is 2.00 bits per heavy atom. The van der Waals surface area contributed by atoms with Crippen LogP contribution in [0.15, 0.2) is 24.3 Å². The molecule has 0 amide bonds. The lowest BCUT2D eigenvalue weighted by Gasteiger charge is -2.13. The fraction of sp³-hybridized carbons (Fsp3) is 0.214.